The van der Waals surface area contributed by atoms with Gasteiger partial charge in [0, 0.05) is 0 Å². The van der Waals surface area contributed by atoms with Crippen molar-refractivity contribution in [2.24, 2.45) is 0 Å². The summed E-state index contributed by atoms with van der Waals surface area (Å²) < 4.78 is 13.1. The second-order valence-electron chi connectivity index (χ2n) is 2.25. The van der Waals surface area contributed by atoms with Crippen LogP contribution in [0, 0.1) is 5.82 Å². The molecule has 0 spiro atoms. The lowest BCUT2D eigenvalue weighted by Crippen LogP contribution is -1.88. The van der Waals surface area contributed by atoms with E-state index >= 15 is 0 Å². The van der Waals surface area contributed by atoms with Gasteiger partial charge in [-0.15, -0.1) is 11.8 Å². The highest BCUT2D eigenvalue weighted by Gasteiger charge is 2.07. The van der Waals surface area contributed by atoms with Crippen LogP contribution in [0.25, 0.3) is 0 Å². The molecule has 0 aliphatic carbocycles. The van der Waals surface area contributed by atoms with Crippen LogP contribution < -0.4 is 0 Å². The molecule has 0 saturated carbocycles. The van der Waals surface area contributed by atoms with Crippen molar-refractivity contribution in [1.82, 2.24) is 0 Å². The Hall–Kier alpha value is -0.250. The molecule has 4 heteroatoms. The first-order chi connectivity index (χ1) is 5.69. The first kappa shape index (κ1) is 9.84. The van der Waals surface area contributed by atoms with Crippen molar-refractivity contribution in [3.8, 4) is 0 Å². The topological polar surface area (TPSA) is 20.2 Å². The lowest BCUT2D eigenvalue weighted by Gasteiger charge is -2.04. The van der Waals surface area contributed by atoms with Crippen LogP contribution in [-0.2, 0) is 6.61 Å². The van der Waals surface area contributed by atoms with Crippen LogP contribution in [0.3, 0.4) is 0 Å². The fraction of sp³-hybridized carbons (Fsp3) is 0.250. The molecular weight excluding hydrogens is 199 g/mol. The standard InChI is InChI=1S/C8H8ClFOS/c1-12-8-6(9)2-5(4-11)3-7(8)10/h2-3,11H,4H2,1H3. The van der Waals surface area contributed by atoms with E-state index in [1.54, 1.807) is 12.3 Å². The number of thioether (sulfide) groups is 1. The molecule has 0 heterocycles. The SMILES string of the molecule is CSc1c(F)cc(CO)cc1Cl. The predicted molar refractivity (Wildman–Crippen MR) is 49.1 cm³/mol. The molecule has 0 radical (unpaired) electrons. The lowest BCUT2D eigenvalue weighted by atomic mass is 10.2. The van der Waals surface area contributed by atoms with Crippen molar-refractivity contribution in [3.05, 3.63) is 28.5 Å². The minimum absolute atomic E-state index is 0.189. The largest absolute Gasteiger partial charge is 0.392 e. The van der Waals surface area contributed by atoms with Crippen molar-refractivity contribution >= 4 is 23.4 Å². The van der Waals surface area contributed by atoms with Gasteiger partial charge in [-0.1, -0.05) is 11.6 Å². The van der Waals surface area contributed by atoms with Crippen molar-refractivity contribution in [2.45, 2.75) is 11.5 Å². The van der Waals surface area contributed by atoms with E-state index in [-0.39, 0.29) is 12.4 Å². The van der Waals surface area contributed by atoms with Gasteiger partial charge >= 0.3 is 0 Å². The van der Waals surface area contributed by atoms with Crippen molar-refractivity contribution in [3.63, 3.8) is 0 Å². The summed E-state index contributed by atoms with van der Waals surface area (Å²) >= 11 is 6.99. The van der Waals surface area contributed by atoms with Gasteiger partial charge in [0.05, 0.1) is 16.5 Å². The van der Waals surface area contributed by atoms with E-state index in [0.29, 0.717) is 15.5 Å². The molecule has 0 fully saturated rings. The Morgan fingerprint density at radius 2 is 2.25 bits per heavy atom. The Labute approximate surface area is 79.5 Å². The summed E-state index contributed by atoms with van der Waals surface area (Å²) in [5, 5.41) is 9.07. The van der Waals surface area contributed by atoms with Gasteiger partial charge in [0.25, 0.3) is 0 Å². The molecule has 1 aromatic rings. The summed E-state index contributed by atoms with van der Waals surface area (Å²) in [6.45, 7) is -0.189. The molecule has 12 heavy (non-hydrogen) atoms. The maximum absolute atomic E-state index is 13.1. The Kier molecular flexibility index (Phi) is 3.38. The Balaban J connectivity index is 3.18. The van der Waals surface area contributed by atoms with Crippen LogP contribution in [0.1, 0.15) is 5.56 Å². The summed E-state index contributed by atoms with van der Waals surface area (Å²) in [6, 6.07) is 2.86. The quantitative estimate of drug-likeness (QED) is 0.751. The van der Waals surface area contributed by atoms with Gasteiger partial charge in [-0.3, -0.25) is 0 Å². The average Bonchev–Trinajstić information content (AvgIpc) is 2.03. The van der Waals surface area contributed by atoms with Gasteiger partial charge in [-0.25, -0.2) is 4.39 Å². The number of benzene rings is 1. The van der Waals surface area contributed by atoms with Crippen LogP contribution in [0.5, 0.6) is 0 Å². The lowest BCUT2D eigenvalue weighted by molar-refractivity contribution is 0.281. The highest BCUT2D eigenvalue weighted by Crippen LogP contribution is 2.29. The zero-order valence-electron chi connectivity index (χ0n) is 6.47. The summed E-state index contributed by atoms with van der Waals surface area (Å²) in [7, 11) is 0. The predicted octanol–water partition coefficient (Wildman–Crippen LogP) is 2.69. The van der Waals surface area contributed by atoms with Crippen LogP contribution >= 0.6 is 23.4 Å². The van der Waals surface area contributed by atoms with E-state index in [9.17, 15) is 4.39 Å². The number of aliphatic hydroxyl groups excluding tert-OH is 1. The molecule has 1 rings (SSSR count). The first-order valence-electron chi connectivity index (χ1n) is 3.31. The Morgan fingerprint density at radius 3 is 2.67 bits per heavy atom. The molecular formula is C8H8ClFOS. The molecule has 0 aliphatic rings. The third-order valence-corrected chi connectivity index (χ3v) is 2.68. The minimum Gasteiger partial charge on any atom is -0.392 e. The second kappa shape index (κ2) is 4.12. The van der Waals surface area contributed by atoms with Gasteiger partial charge < -0.3 is 5.11 Å². The van der Waals surface area contributed by atoms with Crippen LogP contribution in [0.4, 0.5) is 4.39 Å². The first-order valence-corrected chi connectivity index (χ1v) is 4.92. The zero-order chi connectivity index (χ0) is 9.14. The molecule has 0 bridgehead atoms. The number of rotatable bonds is 2. The molecule has 1 nitrogen and oxygen atoms in total. The molecule has 1 aromatic carbocycles. The van der Waals surface area contributed by atoms with E-state index in [1.165, 1.54) is 17.8 Å². The minimum atomic E-state index is -0.376. The fourth-order valence-corrected chi connectivity index (χ4v) is 1.87. The number of hydrogen-bond donors (Lipinski definition) is 1. The average molecular weight is 207 g/mol. The monoisotopic (exact) mass is 206 g/mol. The van der Waals surface area contributed by atoms with Gasteiger partial charge in [-0.2, -0.15) is 0 Å². The third-order valence-electron chi connectivity index (χ3n) is 1.44. The Morgan fingerprint density at radius 1 is 1.58 bits per heavy atom. The van der Waals surface area contributed by atoms with Gasteiger partial charge in [-0.05, 0) is 24.0 Å². The molecule has 1 N–H and O–H groups in total. The van der Waals surface area contributed by atoms with E-state index in [0.717, 1.165) is 0 Å². The zero-order valence-corrected chi connectivity index (χ0v) is 8.05. The second-order valence-corrected chi connectivity index (χ2v) is 3.47. The summed E-state index contributed by atoms with van der Waals surface area (Å²) in [6.07, 6.45) is 1.75. The maximum atomic E-state index is 13.1. The van der Waals surface area contributed by atoms with E-state index in [2.05, 4.69) is 0 Å². The van der Waals surface area contributed by atoms with Gasteiger partial charge in [0.2, 0.25) is 0 Å². The molecule has 0 aliphatic heterocycles. The summed E-state index contributed by atoms with van der Waals surface area (Å²) in [5.74, 6) is -0.376. The summed E-state index contributed by atoms with van der Waals surface area (Å²) in [4.78, 5) is 0.425. The van der Waals surface area contributed by atoms with Crippen LogP contribution in [-0.4, -0.2) is 11.4 Å². The molecule has 0 atom stereocenters. The number of halogens is 2. The highest BCUT2D eigenvalue weighted by molar-refractivity contribution is 7.98. The fourth-order valence-electron chi connectivity index (χ4n) is 0.899. The normalized spacial score (nSPS) is 10.3. The maximum Gasteiger partial charge on any atom is 0.138 e. The molecule has 0 aromatic heterocycles. The van der Waals surface area contributed by atoms with Crippen molar-refractivity contribution in [2.75, 3.05) is 6.26 Å². The highest BCUT2D eigenvalue weighted by atomic mass is 35.5. The molecule has 0 amide bonds. The van der Waals surface area contributed by atoms with Gasteiger partial charge in [0.15, 0.2) is 0 Å². The molecule has 66 valence electrons. The van der Waals surface area contributed by atoms with Crippen LogP contribution in [0.2, 0.25) is 5.02 Å². The summed E-state index contributed by atoms with van der Waals surface area (Å²) in [5.41, 5.74) is 0.496. The Bertz CT molecular complexity index is 267. The third kappa shape index (κ3) is 1.91. The molecule has 0 saturated heterocycles. The van der Waals surface area contributed by atoms with E-state index in [4.69, 9.17) is 16.7 Å². The number of hydrogen-bond acceptors (Lipinski definition) is 2. The van der Waals surface area contributed by atoms with Crippen molar-refractivity contribution < 1.29 is 9.50 Å². The molecule has 0 unspecified atom stereocenters. The van der Waals surface area contributed by atoms with Crippen LogP contribution in [0.15, 0.2) is 17.0 Å². The number of aliphatic hydroxyl groups is 1. The van der Waals surface area contributed by atoms with Crippen molar-refractivity contribution in [1.29, 1.82) is 0 Å². The van der Waals surface area contributed by atoms with E-state index < -0.39 is 0 Å². The smallest absolute Gasteiger partial charge is 0.138 e. The van der Waals surface area contributed by atoms with Gasteiger partial charge in [0.1, 0.15) is 5.82 Å². The van der Waals surface area contributed by atoms with E-state index in [1.807, 2.05) is 0 Å².